The molecule has 0 atom stereocenters. The highest BCUT2D eigenvalue weighted by molar-refractivity contribution is 6.79. The van der Waals surface area contributed by atoms with Crippen molar-refractivity contribution in [3.05, 3.63) is 88.7 Å². The third-order valence-electron chi connectivity index (χ3n) is 5.33. The van der Waals surface area contributed by atoms with Gasteiger partial charge in [0, 0.05) is 0 Å². The Hall–Kier alpha value is -2.60. The molecule has 0 bridgehead atoms. The van der Waals surface area contributed by atoms with Crippen molar-refractivity contribution in [3.63, 3.8) is 0 Å². The van der Waals surface area contributed by atoms with Crippen LogP contribution in [0.3, 0.4) is 0 Å². The predicted molar refractivity (Wildman–Crippen MR) is 123 cm³/mol. The molecule has 0 heterocycles. The van der Waals surface area contributed by atoms with Crippen molar-refractivity contribution < 1.29 is 42.6 Å². The first kappa shape index (κ1) is 26.0. The molecule has 0 amide bonds. The third-order valence-corrected chi connectivity index (χ3v) is 5.33. The summed E-state index contributed by atoms with van der Waals surface area (Å²) in [6.07, 6.45) is 0.384. The van der Waals surface area contributed by atoms with Crippen molar-refractivity contribution in [3.8, 4) is 0 Å². The summed E-state index contributed by atoms with van der Waals surface area (Å²) in [7, 11) is -4.94. The molecule has 0 aromatic heterocycles. The Balaban J connectivity index is 1.98. The molecule has 6 nitrogen and oxygen atoms in total. The van der Waals surface area contributed by atoms with E-state index >= 15 is 0 Å². The summed E-state index contributed by atoms with van der Waals surface area (Å²) >= 11 is 0. The normalized spacial score (nSPS) is 10.9. The zero-order valence-corrected chi connectivity index (χ0v) is 18.3. The van der Waals surface area contributed by atoms with Gasteiger partial charge in [-0.2, -0.15) is 0 Å². The average Bonchev–Trinajstić information content (AvgIpc) is 2.82. The number of benzene rings is 3. The van der Waals surface area contributed by atoms with Crippen LogP contribution in [0.25, 0.3) is 0 Å². The molecule has 0 aliphatic carbocycles. The molecule has 3 aromatic rings. The van der Waals surface area contributed by atoms with Crippen molar-refractivity contribution in [2.75, 3.05) is 0 Å². The second kappa shape index (κ2) is 11.7. The first-order valence-electron chi connectivity index (χ1n) is 10.5. The highest BCUT2D eigenvalue weighted by atomic mass is 19.1. The fourth-order valence-electron chi connectivity index (χ4n) is 3.57. The summed E-state index contributed by atoms with van der Waals surface area (Å²) in [6.45, 7) is 0.574. The number of hydrogen-bond acceptors (Lipinski definition) is 6. The number of rotatable bonds is 10. The molecular weight excluding hydrogens is 450 g/mol. The van der Waals surface area contributed by atoms with Crippen LogP contribution in [0.15, 0.2) is 54.6 Å². The van der Waals surface area contributed by atoms with E-state index in [4.69, 9.17) is 9.14 Å². The van der Waals surface area contributed by atoms with Crippen LogP contribution in [0.2, 0.25) is 0 Å². The summed E-state index contributed by atoms with van der Waals surface area (Å²) < 4.78 is 52.2. The van der Waals surface area contributed by atoms with E-state index in [-0.39, 0.29) is 27.5 Å². The van der Waals surface area contributed by atoms with E-state index in [0.717, 1.165) is 30.3 Å². The smallest absolute Gasteiger partial charge is 0.444 e. The fraction of sp³-hybridized carbons (Fsp3) is 0.182. The molecule has 0 saturated carbocycles. The molecule has 0 aliphatic rings. The lowest BCUT2D eigenvalue weighted by molar-refractivity contribution is 0.280. The minimum atomic E-state index is -1.75. The van der Waals surface area contributed by atoms with Crippen LogP contribution in [0.4, 0.5) is 13.2 Å². The quantitative estimate of drug-likeness (QED) is 0.314. The Bertz CT molecular complexity index is 1080. The minimum Gasteiger partial charge on any atom is -0.444 e. The summed E-state index contributed by atoms with van der Waals surface area (Å²) in [5, 5.41) is 40.7. The molecule has 3 aromatic carbocycles. The molecule has 0 saturated heterocycles. The highest BCUT2D eigenvalue weighted by Gasteiger charge is 2.36. The van der Waals surface area contributed by atoms with Crippen LogP contribution < -0.4 is 16.4 Å². The van der Waals surface area contributed by atoms with E-state index in [1.165, 1.54) is 24.3 Å². The molecule has 0 unspecified atom stereocenters. The SMILES string of the molecule is CCc1cc(F)ccc1B(O)OB(OB(O)c1ccc(F)cc1CO)c1ccc(F)cc1CO. The zero-order valence-electron chi connectivity index (χ0n) is 18.3. The monoisotopic (exact) mass is 472 g/mol. The number of halogens is 3. The Morgan fingerprint density at radius 3 is 1.47 bits per heavy atom. The molecule has 0 spiro atoms. The van der Waals surface area contributed by atoms with Gasteiger partial charge in [-0.3, -0.25) is 0 Å². The lowest BCUT2D eigenvalue weighted by atomic mass is 9.65. The van der Waals surface area contributed by atoms with Gasteiger partial charge >= 0.3 is 21.4 Å². The molecule has 0 radical (unpaired) electrons. The van der Waals surface area contributed by atoms with Crippen LogP contribution in [-0.4, -0.2) is 41.6 Å². The molecule has 0 fully saturated rings. The Morgan fingerprint density at radius 2 is 1.03 bits per heavy atom. The maximum atomic E-state index is 13.7. The number of aryl methyl sites for hydroxylation is 1. The van der Waals surface area contributed by atoms with Crippen molar-refractivity contribution in [2.24, 2.45) is 0 Å². The largest absolute Gasteiger partial charge is 0.478 e. The second-order valence-electron chi connectivity index (χ2n) is 7.51. The van der Waals surface area contributed by atoms with Crippen molar-refractivity contribution >= 4 is 37.7 Å². The van der Waals surface area contributed by atoms with E-state index in [1.807, 2.05) is 0 Å². The lowest BCUT2D eigenvalue weighted by Gasteiger charge is -2.23. The van der Waals surface area contributed by atoms with E-state index in [2.05, 4.69) is 0 Å². The van der Waals surface area contributed by atoms with Gasteiger partial charge in [-0.15, -0.1) is 0 Å². The Kier molecular flexibility index (Phi) is 8.95. The van der Waals surface area contributed by atoms with Crippen molar-refractivity contribution in [1.82, 2.24) is 0 Å². The molecule has 12 heteroatoms. The van der Waals surface area contributed by atoms with Crippen molar-refractivity contribution in [2.45, 2.75) is 26.6 Å². The van der Waals surface area contributed by atoms with Gasteiger partial charge in [0.1, 0.15) is 17.5 Å². The first-order valence-corrected chi connectivity index (χ1v) is 10.5. The van der Waals surface area contributed by atoms with E-state index in [1.54, 1.807) is 6.92 Å². The standard InChI is InChI=1S/C22H22B3F3O6/c1-2-14-9-17(26)3-6-20(14)23(31)33-25(22-8-5-19(28)11-16(22)13-30)34-24(32)21-7-4-18(27)10-15(21)12-29/h3-11,29-32H,2,12-13H2,1H3. The van der Waals surface area contributed by atoms with Gasteiger partial charge in [-0.1, -0.05) is 25.1 Å². The topological polar surface area (TPSA) is 99.4 Å². The van der Waals surface area contributed by atoms with Crippen LogP contribution in [0, 0.1) is 17.5 Å². The Labute approximate surface area is 196 Å². The van der Waals surface area contributed by atoms with Gasteiger partial charge in [0.05, 0.1) is 13.2 Å². The van der Waals surface area contributed by atoms with Crippen LogP contribution in [-0.2, 0) is 28.8 Å². The molecule has 176 valence electrons. The summed E-state index contributed by atoms with van der Waals surface area (Å²) in [5.74, 6) is -1.77. The maximum Gasteiger partial charge on any atom is 0.478 e. The number of hydrogen-bond donors (Lipinski definition) is 4. The molecule has 34 heavy (non-hydrogen) atoms. The summed E-state index contributed by atoms with van der Waals surface area (Å²) in [4.78, 5) is 0. The lowest BCUT2D eigenvalue weighted by Crippen LogP contribution is -2.53. The second-order valence-corrected chi connectivity index (χ2v) is 7.51. The maximum absolute atomic E-state index is 13.7. The van der Waals surface area contributed by atoms with Crippen molar-refractivity contribution in [1.29, 1.82) is 0 Å². The van der Waals surface area contributed by atoms with Crippen LogP contribution in [0.1, 0.15) is 23.6 Å². The number of aliphatic hydroxyl groups is 2. The van der Waals surface area contributed by atoms with Crippen LogP contribution in [0.5, 0.6) is 0 Å². The molecule has 0 aliphatic heterocycles. The Morgan fingerprint density at radius 1 is 0.647 bits per heavy atom. The fourth-order valence-corrected chi connectivity index (χ4v) is 3.57. The van der Waals surface area contributed by atoms with Gasteiger partial charge in [-0.25, -0.2) is 13.2 Å². The highest BCUT2D eigenvalue weighted by Crippen LogP contribution is 2.10. The van der Waals surface area contributed by atoms with E-state index < -0.39 is 52.0 Å². The van der Waals surface area contributed by atoms with E-state index in [0.29, 0.717) is 12.0 Å². The molecule has 4 N–H and O–H groups in total. The minimum absolute atomic E-state index is 0.0377. The third kappa shape index (κ3) is 6.09. The average molecular weight is 472 g/mol. The van der Waals surface area contributed by atoms with Gasteiger partial charge in [0.2, 0.25) is 0 Å². The summed E-state index contributed by atoms with van der Waals surface area (Å²) in [6, 6.07) is 10.4. The van der Waals surface area contributed by atoms with Gasteiger partial charge < -0.3 is 29.4 Å². The summed E-state index contributed by atoms with van der Waals surface area (Å²) in [5.41, 5.74) is 0.984. The zero-order chi connectivity index (χ0) is 24.8. The number of aliphatic hydroxyl groups excluding tert-OH is 2. The van der Waals surface area contributed by atoms with Gasteiger partial charge in [-0.05, 0) is 75.9 Å². The van der Waals surface area contributed by atoms with E-state index in [9.17, 15) is 33.4 Å². The molecular formula is C22H22B3F3O6. The van der Waals surface area contributed by atoms with Crippen LogP contribution >= 0.6 is 0 Å². The predicted octanol–water partition coefficient (Wildman–Crippen LogP) is 0.155. The van der Waals surface area contributed by atoms with Gasteiger partial charge in [0.25, 0.3) is 0 Å². The molecule has 3 rings (SSSR count). The first-order chi connectivity index (χ1) is 16.3. The van der Waals surface area contributed by atoms with Gasteiger partial charge in [0.15, 0.2) is 0 Å².